The second kappa shape index (κ2) is 12.6. The number of aryl methyl sites for hydroxylation is 2. The second-order valence-electron chi connectivity index (χ2n) is 9.37. The van der Waals surface area contributed by atoms with Crippen LogP contribution in [-0.2, 0) is 20.8 Å². The zero-order chi connectivity index (χ0) is 27.1. The minimum absolute atomic E-state index is 0.104. The average Bonchev–Trinajstić information content (AvgIpc) is 2.94. The summed E-state index contributed by atoms with van der Waals surface area (Å²) in [5, 5.41) is 15.0. The highest BCUT2D eigenvalue weighted by molar-refractivity contribution is 8.00. The highest BCUT2D eigenvalue weighted by atomic mass is 32.2. The molecule has 1 aliphatic rings. The van der Waals surface area contributed by atoms with Gasteiger partial charge in [-0.15, -0.1) is 11.8 Å². The Morgan fingerprint density at radius 1 is 0.895 bits per heavy atom. The molecule has 0 aliphatic heterocycles. The first-order chi connectivity index (χ1) is 18.4. The summed E-state index contributed by atoms with van der Waals surface area (Å²) >= 11 is 1.44. The molecule has 7 heteroatoms. The minimum atomic E-state index is -0.955. The molecule has 3 N–H and O–H groups in total. The Labute approximate surface area is 227 Å². The molecule has 0 bridgehead atoms. The first-order valence-electron chi connectivity index (χ1n) is 12.8. The summed E-state index contributed by atoms with van der Waals surface area (Å²) in [7, 11) is 0. The van der Waals surface area contributed by atoms with Crippen molar-refractivity contribution in [1.29, 1.82) is 0 Å². The fourth-order valence-electron chi connectivity index (χ4n) is 4.66. The van der Waals surface area contributed by atoms with Gasteiger partial charge in [0.2, 0.25) is 11.8 Å². The summed E-state index contributed by atoms with van der Waals surface area (Å²) in [6.07, 6.45) is 5.26. The summed E-state index contributed by atoms with van der Waals surface area (Å²) in [4.78, 5) is 38.8. The van der Waals surface area contributed by atoms with Gasteiger partial charge in [0.25, 0.3) is 0 Å². The maximum Gasteiger partial charge on any atom is 0.307 e. The van der Waals surface area contributed by atoms with E-state index in [4.69, 9.17) is 0 Å². The molecule has 1 aliphatic carbocycles. The van der Waals surface area contributed by atoms with Crippen LogP contribution in [0.3, 0.4) is 0 Å². The van der Waals surface area contributed by atoms with Crippen LogP contribution in [0.2, 0.25) is 0 Å². The highest BCUT2D eigenvalue weighted by Crippen LogP contribution is 2.37. The third-order valence-corrected chi connectivity index (χ3v) is 8.06. The van der Waals surface area contributed by atoms with Crippen LogP contribution in [0.15, 0.2) is 89.8 Å². The van der Waals surface area contributed by atoms with E-state index in [0.717, 1.165) is 33.7 Å². The van der Waals surface area contributed by atoms with Gasteiger partial charge in [-0.25, -0.2) is 0 Å². The predicted molar refractivity (Wildman–Crippen MR) is 152 cm³/mol. The molecule has 4 rings (SSSR count). The molecular weight excluding hydrogens is 496 g/mol. The molecule has 3 aromatic carbocycles. The number of thioether (sulfide) groups is 1. The van der Waals surface area contributed by atoms with Crippen LogP contribution >= 0.6 is 11.8 Å². The van der Waals surface area contributed by atoms with Crippen LogP contribution in [0.4, 0.5) is 11.4 Å². The van der Waals surface area contributed by atoms with Crippen molar-refractivity contribution in [2.75, 3.05) is 10.6 Å². The van der Waals surface area contributed by atoms with Gasteiger partial charge in [0.15, 0.2) is 0 Å². The number of rotatable bonds is 9. The van der Waals surface area contributed by atoms with Crippen molar-refractivity contribution in [2.45, 2.75) is 43.3 Å². The minimum Gasteiger partial charge on any atom is -0.481 e. The summed E-state index contributed by atoms with van der Waals surface area (Å²) in [6, 6.07) is 23.0. The third kappa shape index (κ3) is 6.53. The Morgan fingerprint density at radius 2 is 1.58 bits per heavy atom. The number of carboxylic acids is 1. The number of aliphatic carboxylic acids is 1. The number of carbonyl (C=O) groups is 3. The van der Waals surface area contributed by atoms with E-state index in [1.54, 1.807) is 12.1 Å². The number of carboxylic acid groups (broad SMARTS) is 1. The van der Waals surface area contributed by atoms with Crippen LogP contribution in [0, 0.1) is 18.8 Å². The number of hydrogen-bond donors (Lipinski definition) is 3. The molecule has 0 heterocycles. The average molecular weight is 529 g/mol. The van der Waals surface area contributed by atoms with Gasteiger partial charge < -0.3 is 15.7 Å². The molecule has 0 aromatic heterocycles. The molecular formula is C31H32N2O4S. The fraction of sp³-hybridized carbons (Fsp3) is 0.258. The first kappa shape index (κ1) is 27.2. The van der Waals surface area contributed by atoms with E-state index in [1.807, 2.05) is 79.7 Å². The van der Waals surface area contributed by atoms with Gasteiger partial charge in [0.1, 0.15) is 5.25 Å². The quantitative estimate of drug-likeness (QED) is 0.214. The molecule has 3 aromatic rings. The van der Waals surface area contributed by atoms with E-state index >= 15 is 0 Å². The first-order valence-corrected chi connectivity index (χ1v) is 13.6. The highest BCUT2D eigenvalue weighted by Gasteiger charge is 2.34. The van der Waals surface area contributed by atoms with Crippen molar-refractivity contribution in [2.24, 2.45) is 11.8 Å². The third-order valence-electron chi connectivity index (χ3n) is 6.79. The number of para-hydroxylation sites is 1. The van der Waals surface area contributed by atoms with Gasteiger partial charge in [0.05, 0.1) is 11.8 Å². The monoisotopic (exact) mass is 528 g/mol. The van der Waals surface area contributed by atoms with E-state index in [9.17, 15) is 19.5 Å². The number of anilines is 2. The number of hydrogen-bond acceptors (Lipinski definition) is 4. The van der Waals surface area contributed by atoms with Gasteiger partial charge in [0, 0.05) is 16.3 Å². The molecule has 0 saturated heterocycles. The van der Waals surface area contributed by atoms with Gasteiger partial charge in [-0.1, -0.05) is 67.6 Å². The lowest BCUT2D eigenvalue weighted by Gasteiger charge is -2.24. The van der Waals surface area contributed by atoms with Gasteiger partial charge >= 0.3 is 5.97 Å². The number of nitrogens with one attached hydrogen (secondary N) is 2. The Balaban J connectivity index is 1.50. The predicted octanol–water partition coefficient (Wildman–Crippen LogP) is 6.64. The van der Waals surface area contributed by atoms with Crippen LogP contribution in [0.5, 0.6) is 0 Å². The summed E-state index contributed by atoms with van der Waals surface area (Å²) in [5.41, 5.74) is 4.45. The number of amides is 2. The van der Waals surface area contributed by atoms with Crippen LogP contribution in [-0.4, -0.2) is 22.9 Å². The Bertz CT molecular complexity index is 1320. The topological polar surface area (TPSA) is 95.5 Å². The van der Waals surface area contributed by atoms with Crippen molar-refractivity contribution < 1.29 is 19.5 Å². The second-order valence-corrected chi connectivity index (χ2v) is 10.5. The molecule has 0 saturated carbocycles. The van der Waals surface area contributed by atoms with Crippen LogP contribution in [0.1, 0.15) is 41.7 Å². The molecule has 0 fully saturated rings. The van der Waals surface area contributed by atoms with E-state index in [1.165, 1.54) is 11.8 Å². The Morgan fingerprint density at radius 3 is 2.24 bits per heavy atom. The molecule has 0 spiro atoms. The smallest absolute Gasteiger partial charge is 0.307 e. The van der Waals surface area contributed by atoms with Gasteiger partial charge in [-0.2, -0.15) is 0 Å². The van der Waals surface area contributed by atoms with E-state index < -0.39 is 23.1 Å². The Hall–Kier alpha value is -3.84. The van der Waals surface area contributed by atoms with Crippen molar-refractivity contribution in [3.05, 3.63) is 102 Å². The SMILES string of the molecule is CCc1cccc(C)c1NC(=O)[C@@H](Sc1ccc(NC(=O)[C@H]2CC=CC[C@@H]2C(=O)O)cc1)c1ccccc1. The van der Waals surface area contributed by atoms with Crippen LogP contribution < -0.4 is 10.6 Å². The van der Waals surface area contributed by atoms with Crippen molar-refractivity contribution >= 4 is 40.9 Å². The molecule has 6 nitrogen and oxygen atoms in total. The zero-order valence-electron chi connectivity index (χ0n) is 21.5. The molecule has 0 unspecified atom stereocenters. The van der Waals surface area contributed by atoms with Crippen molar-refractivity contribution in [3.8, 4) is 0 Å². The largest absolute Gasteiger partial charge is 0.481 e. The molecule has 196 valence electrons. The van der Waals surface area contributed by atoms with E-state index in [2.05, 4.69) is 17.6 Å². The number of allylic oxidation sites excluding steroid dienone is 2. The summed E-state index contributed by atoms with van der Waals surface area (Å²) < 4.78 is 0. The molecule has 3 atom stereocenters. The maximum absolute atomic E-state index is 13.6. The maximum atomic E-state index is 13.6. The Kier molecular flexibility index (Phi) is 9.02. The molecule has 2 amide bonds. The molecule has 0 radical (unpaired) electrons. The van der Waals surface area contributed by atoms with Crippen LogP contribution in [0.25, 0.3) is 0 Å². The number of carbonyl (C=O) groups excluding carboxylic acids is 2. The fourth-order valence-corrected chi connectivity index (χ4v) is 5.68. The zero-order valence-corrected chi connectivity index (χ0v) is 22.3. The summed E-state index contributed by atoms with van der Waals surface area (Å²) in [6.45, 7) is 4.07. The standard InChI is InChI=1S/C31H32N2O4S/c1-3-21-13-9-10-20(2)27(21)33-30(35)28(22-11-5-4-6-12-22)38-24-18-16-23(17-19-24)32-29(34)25-14-7-8-15-26(25)31(36)37/h4-13,16-19,25-26,28H,3,14-15H2,1-2H3,(H,32,34)(H,33,35)(H,36,37)/t25-,26-,28-/m0/s1. The van der Waals surface area contributed by atoms with Gasteiger partial charge in [-0.05, 0) is 67.1 Å². The van der Waals surface area contributed by atoms with Gasteiger partial charge in [-0.3, -0.25) is 14.4 Å². The summed E-state index contributed by atoms with van der Waals surface area (Å²) in [5.74, 6) is -2.68. The van der Waals surface area contributed by atoms with E-state index in [-0.39, 0.29) is 11.8 Å². The van der Waals surface area contributed by atoms with Crippen molar-refractivity contribution in [1.82, 2.24) is 0 Å². The number of benzene rings is 3. The van der Waals surface area contributed by atoms with E-state index in [0.29, 0.717) is 18.5 Å². The lowest BCUT2D eigenvalue weighted by molar-refractivity contribution is -0.146. The molecule has 38 heavy (non-hydrogen) atoms. The normalized spacial score (nSPS) is 17.4. The lowest BCUT2D eigenvalue weighted by atomic mass is 9.82. The van der Waals surface area contributed by atoms with Crippen molar-refractivity contribution in [3.63, 3.8) is 0 Å². The lowest BCUT2D eigenvalue weighted by Crippen LogP contribution is -2.34.